The van der Waals surface area contributed by atoms with Gasteiger partial charge in [0.1, 0.15) is 17.6 Å². The molecule has 3 heterocycles. The third-order valence-corrected chi connectivity index (χ3v) is 5.68. The largest absolute Gasteiger partial charge is 0.467 e. The molecule has 1 fully saturated rings. The molecule has 3 rings (SSSR count). The maximum atomic E-state index is 12.3. The summed E-state index contributed by atoms with van der Waals surface area (Å²) in [6.45, 7) is 3.06. The summed E-state index contributed by atoms with van der Waals surface area (Å²) in [7, 11) is -3.34. The minimum absolute atomic E-state index is 0.0416. The number of hydrogen-bond donors (Lipinski definition) is 1. The first kappa shape index (κ1) is 16.9. The van der Waals surface area contributed by atoms with Gasteiger partial charge in [-0.05, 0) is 25.1 Å². The molecule has 0 radical (unpaired) electrons. The van der Waals surface area contributed by atoms with Gasteiger partial charge in [-0.3, -0.25) is 0 Å². The molecule has 0 bridgehead atoms. The molecular weight excluding hydrogens is 332 g/mol. The summed E-state index contributed by atoms with van der Waals surface area (Å²) in [4.78, 5) is 8.69. The summed E-state index contributed by atoms with van der Waals surface area (Å²) in [6, 6.07) is 4.90. The van der Waals surface area contributed by atoms with Gasteiger partial charge in [0.15, 0.2) is 5.82 Å². The standard InChI is InChI=1S/C15H20N4O4S/c1-2-24(20,21)19-7-9-22-11-13(19)15-16-6-5-14(18-15)17-10-12-4-3-8-23-12/h3-6,8,13H,2,7,9-11H2,1H3,(H,16,17,18). The van der Waals surface area contributed by atoms with Crippen molar-refractivity contribution in [3.63, 3.8) is 0 Å². The van der Waals surface area contributed by atoms with Gasteiger partial charge >= 0.3 is 0 Å². The van der Waals surface area contributed by atoms with Crippen LogP contribution in [-0.2, 0) is 21.3 Å². The summed E-state index contributed by atoms with van der Waals surface area (Å²) in [6.07, 6.45) is 3.22. The summed E-state index contributed by atoms with van der Waals surface area (Å²) in [5.74, 6) is 1.86. The van der Waals surface area contributed by atoms with E-state index in [0.717, 1.165) is 5.76 Å². The third-order valence-electron chi connectivity index (χ3n) is 3.80. The van der Waals surface area contributed by atoms with Gasteiger partial charge in [-0.15, -0.1) is 0 Å². The quantitative estimate of drug-likeness (QED) is 0.839. The van der Waals surface area contributed by atoms with E-state index in [1.807, 2.05) is 12.1 Å². The van der Waals surface area contributed by atoms with E-state index in [1.54, 1.807) is 25.5 Å². The molecule has 24 heavy (non-hydrogen) atoms. The number of aromatic nitrogens is 2. The Balaban J connectivity index is 1.78. The second-order valence-corrected chi connectivity index (χ2v) is 7.55. The molecule has 2 aromatic heterocycles. The highest BCUT2D eigenvalue weighted by molar-refractivity contribution is 7.89. The van der Waals surface area contributed by atoms with Gasteiger partial charge in [-0.2, -0.15) is 4.31 Å². The van der Waals surface area contributed by atoms with E-state index in [9.17, 15) is 8.42 Å². The predicted molar refractivity (Wildman–Crippen MR) is 87.8 cm³/mol. The molecule has 1 atom stereocenters. The summed E-state index contributed by atoms with van der Waals surface area (Å²) >= 11 is 0. The van der Waals surface area contributed by atoms with Crippen LogP contribution in [0.15, 0.2) is 35.1 Å². The Hall–Kier alpha value is -1.97. The normalized spacial score (nSPS) is 19.3. The van der Waals surface area contributed by atoms with Crippen LogP contribution in [0.25, 0.3) is 0 Å². The van der Waals surface area contributed by atoms with Gasteiger partial charge < -0.3 is 14.5 Å². The van der Waals surface area contributed by atoms with Crippen LogP contribution >= 0.6 is 0 Å². The van der Waals surface area contributed by atoms with Gasteiger partial charge in [-0.25, -0.2) is 18.4 Å². The summed E-state index contributed by atoms with van der Waals surface area (Å²) < 4.78 is 36.7. The number of hydrogen-bond acceptors (Lipinski definition) is 7. The van der Waals surface area contributed by atoms with Crippen LogP contribution in [0.5, 0.6) is 0 Å². The Kier molecular flexibility index (Phi) is 5.12. The Morgan fingerprint density at radius 1 is 1.42 bits per heavy atom. The molecule has 0 amide bonds. The smallest absolute Gasteiger partial charge is 0.214 e. The average molecular weight is 352 g/mol. The highest BCUT2D eigenvalue weighted by Crippen LogP contribution is 2.25. The molecule has 1 saturated heterocycles. The molecular formula is C15H20N4O4S. The van der Waals surface area contributed by atoms with Gasteiger partial charge in [0.2, 0.25) is 10.0 Å². The van der Waals surface area contributed by atoms with Crippen LogP contribution in [0.2, 0.25) is 0 Å². The number of ether oxygens (including phenoxy) is 1. The van der Waals surface area contributed by atoms with E-state index in [2.05, 4.69) is 15.3 Å². The fraction of sp³-hybridized carbons (Fsp3) is 0.467. The van der Waals surface area contributed by atoms with Crippen molar-refractivity contribution in [3.05, 3.63) is 42.2 Å². The first-order valence-corrected chi connectivity index (χ1v) is 9.37. The second-order valence-electron chi connectivity index (χ2n) is 5.33. The lowest BCUT2D eigenvalue weighted by atomic mass is 10.2. The number of nitrogens with zero attached hydrogens (tertiary/aromatic N) is 3. The Bertz CT molecular complexity index is 764. The lowest BCUT2D eigenvalue weighted by Gasteiger charge is -2.33. The van der Waals surface area contributed by atoms with Gasteiger partial charge in [-0.1, -0.05) is 0 Å². The van der Waals surface area contributed by atoms with Crippen molar-refractivity contribution < 1.29 is 17.6 Å². The Morgan fingerprint density at radius 3 is 3.04 bits per heavy atom. The number of rotatable bonds is 6. The van der Waals surface area contributed by atoms with Gasteiger partial charge in [0, 0.05) is 12.7 Å². The fourth-order valence-corrected chi connectivity index (χ4v) is 3.74. The molecule has 0 aromatic carbocycles. The summed E-state index contributed by atoms with van der Waals surface area (Å²) in [5.41, 5.74) is 0. The average Bonchev–Trinajstić information content (AvgIpc) is 3.14. The number of sulfonamides is 1. The first-order chi connectivity index (χ1) is 11.6. The number of nitrogens with one attached hydrogen (secondary N) is 1. The lowest BCUT2D eigenvalue weighted by Crippen LogP contribution is -2.44. The molecule has 2 aromatic rings. The van der Waals surface area contributed by atoms with Crippen LogP contribution in [0.4, 0.5) is 5.82 Å². The van der Waals surface area contributed by atoms with Gasteiger partial charge in [0.25, 0.3) is 0 Å². The third kappa shape index (κ3) is 3.74. The van der Waals surface area contributed by atoms with Crippen LogP contribution in [-0.4, -0.2) is 48.2 Å². The molecule has 1 aliphatic heterocycles. The van der Waals surface area contributed by atoms with E-state index < -0.39 is 16.1 Å². The van der Waals surface area contributed by atoms with Crippen LogP contribution in [0, 0.1) is 0 Å². The Morgan fingerprint density at radius 2 is 2.29 bits per heavy atom. The second kappa shape index (κ2) is 7.29. The zero-order chi connectivity index (χ0) is 17.0. The minimum Gasteiger partial charge on any atom is -0.467 e. The zero-order valence-corrected chi connectivity index (χ0v) is 14.2. The SMILES string of the molecule is CCS(=O)(=O)N1CCOCC1c1nccc(NCc2ccco2)n1. The molecule has 9 heteroatoms. The fourth-order valence-electron chi connectivity index (χ4n) is 2.51. The number of anilines is 1. The minimum atomic E-state index is -3.34. The Labute approximate surface area is 140 Å². The van der Waals surface area contributed by atoms with Crippen molar-refractivity contribution >= 4 is 15.8 Å². The molecule has 8 nitrogen and oxygen atoms in total. The van der Waals surface area contributed by atoms with E-state index in [1.165, 1.54) is 4.31 Å². The highest BCUT2D eigenvalue weighted by Gasteiger charge is 2.34. The van der Waals surface area contributed by atoms with Crippen LogP contribution in [0.1, 0.15) is 24.6 Å². The molecule has 1 unspecified atom stereocenters. The summed E-state index contributed by atoms with van der Waals surface area (Å²) in [5, 5.41) is 3.14. The monoisotopic (exact) mass is 352 g/mol. The van der Waals surface area contributed by atoms with Crippen molar-refractivity contribution in [3.8, 4) is 0 Å². The molecule has 1 N–H and O–H groups in total. The van der Waals surface area contributed by atoms with Crippen molar-refractivity contribution in [2.45, 2.75) is 19.5 Å². The number of furan rings is 1. The first-order valence-electron chi connectivity index (χ1n) is 7.76. The zero-order valence-electron chi connectivity index (χ0n) is 13.4. The molecule has 0 saturated carbocycles. The van der Waals surface area contributed by atoms with Crippen molar-refractivity contribution in [1.29, 1.82) is 0 Å². The maximum Gasteiger partial charge on any atom is 0.214 e. The van der Waals surface area contributed by atoms with E-state index in [0.29, 0.717) is 31.3 Å². The van der Waals surface area contributed by atoms with Crippen molar-refractivity contribution in [1.82, 2.24) is 14.3 Å². The highest BCUT2D eigenvalue weighted by atomic mass is 32.2. The van der Waals surface area contributed by atoms with E-state index in [-0.39, 0.29) is 12.4 Å². The van der Waals surface area contributed by atoms with Gasteiger partial charge in [0.05, 0.1) is 31.8 Å². The van der Waals surface area contributed by atoms with Crippen LogP contribution in [0.3, 0.4) is 0 Å². The van der Waals surface area contributed by atoms with Crippen molar-refractivity contribution in [2.24, 2.45) is 0 Å². The predicted octanol–water partition coefficient (Wildman–Crippen LogP) is 1.40. The molecule has 130 valence electrons. The number of morpholine rings is 1. The maximum absolute atomic E-state index is 12.3. The lowest BCUT2D eigenvalue weighted by molar-refractivity contribution is 0.0291. The van der Waals surface area contributed by atoms with E-state index >= 15 is 0 Å². The van der Waals surface area contributed by atoms with Crippen molar-refractivity contribution in [2.75, 3.05) is 30.8 Å². The van der Waals surface area contributed by atoms with Crippen LogP contribution < -0.4 is 5.32 Å². The molecule has 0 aliphatic carbocycles. The topological polar surface area (TPSA) is 97.6 Å². The molecule has 1 aliphatic rings. The molecule has 0 spiro atoms. The van der Waals surface area contributed by atoms with E-state index in [4.69, 9.17) is 9.15 Å².